The number of aromatic nitrogens is 3. The monoisotopic (exact) mass is 597 g/mol. The van der Waals surface area contributed by atoms with Gasteiger partial charge >= 0.3 is 0 Å². The topological polar surface area (TPSA) is 38.7 Å². The van der Waals surface area contributed by atoms with Crippen LogP contribution in [0, 0.1) is 0 Å². The van der Waals surface area contributed by atoms with Crippen molar-refractivity contribution in [2.75, 3.05) is 0 Å². The van der Waals surface area contributed by atoms with E-state index >= 15 is 0 Å². The third kappa shape index (κ3) is 3.60. The maximum absolute atomic E-state index is 5.46. The highest BCUT2D eigenvalue weighted by Gasteiger charge is 2.53. The molecule has 6 aromatic carbocycles. The van der Waals surface area contributed by atoms with Crippen molar-refractivity contribution in [3.63, 3.8) is 0 Å². The molecule has 2 heterocycles. The number of hydrogen-bond acceptors (Lipinski definition) is 3. The molecule has 0 aliphatic heterocycles. The third-order valence-corrected chi connectivity index (χ3v) is 9.89. The van der Waals surface area contributed by atoms with Crippen molar-refractivity contribution in [1.29, 1.82) is 0 Å². The van der Waals surface area contributed by atoms with Crippen molar-refractivity contribution < 1.29 is 0 Å². The molecular formula is C44H27N3. The molecule has 0 N–H and O–H groups in total. The maximum Gasteiger partial charge on any atom is 0.160 e. The molecule has 0 radical (unpaired) electrons. The molecule has 8 aromatic rings. The lowest BCUT2D eigenvalue weighted by Crippen LogP contribution is -2.26. The fourth-order valence-corrected chi connectivity index (χ4v) is 8.05. The van der Waals surface area contributed by atoms with Gasteiger partial charge in [-0.2, -0.15) is 0 Å². The second-order valence-electron chi connectivity index (χ2n) is 12.3. The van der Waals surface area contributed by atoms with E-state index in [-0.39, 0.29) is 0 Å². The zero-order valence-electron chi connectivity index (χ0n) is 25.4. The highest BCUT2D eigenvalue weighted by molar-refractivity contribution is 6.06. The standard InChI is InChI=1S/C44H27N3/c1-3-15-28(16-4-1)38-27-39(47-43(46-38)29-17-5-2-6-18-29)42-40-32-21-9-13-25-36(32)44(41(40)33-22-10-14-26-37(33)45-42)34-23-11-7-19-30(34)31-20-8-12-24-35(31)44/h1-27H. The molecule has 2 aromatic heterocycles. The van der Waals surface area contributed by atoms with Crippen LogP contribution in [-0.2, 0) is 5.41 Å². The van der Waals surface area contributed by atoms with Crippen LogP contribution in [0.25, 0.3) is 67.2 Å². The van der Waals surface area contributed by atoms with Gasteiger partial charge in [0, 0.05) is 22.1 Å². The molecule has 1 spiro atoms. The average Bonchev–Trinajstić information content (AvgIpc) is 3.63. The molecule has 0 amide bonds. The summed E-state index contributed by atoms with van der Waals surface area (Å²) in [7, 11) is 0. The maximum atomic E-state index is 5.46. The number of para-hydroxylation sites is 1. The van der Waals surface area contributed by atoms with Gasteiger partial charge in [-0.1, -0.05) is 152 Å². The minimum Gasteiger partial charge on any atom is -0.245 e. The molecule has 0 unspecified atom stereocenters. The Kier molecular flexibility index (Phi) is 5.49. The summed E-state index contributed by atoms with van der Waals surface area (Å²) in [5.74, 6) is 0.684. The molecule has 0 fully saturated rings. The molecule has 3 nitrogen and oxygen atoms in total. The van der Waals surface area contributed by atoms with E-state index in [9.17, 15) is 0 Å². The smallest absolute Gasteiger partial charge is 0.160 e. The molecule has 0 saturated heterocycles. The lowest BCUT2D eigenvalue weighted by atomic mass is 9.69. The van der Waals surface area contributed by atoms with Crippen molar-refractivity contribution in [3.8, 4) is 56.3 Å². The van der Waals surface area contributed by atoms with Gasteiger partial charge in [-0.05, 0) is 51.1 Å². The Balaban J connectivity index is 1.37. The summed E-state index contributed by atoms with van der Waals surface area (Å²) < 4.78 is 0. The Hall–Kier alpha value is -6.19. The Morgan fingerprint density at radius 3 is 1.60 bits per heavy atom. The number of nitrogens with zero attached hydrogens (tertiary/aromatic N) is 3. The predicted molar refractivity (Wildman–Crippen MR) is 190 cm³/mol. The van der Waals surface area contributed by atoms with Crippen LogP contribution in [0.1, 0.15) is 22.3 Å². The van der Waals surface area contributed by atoms with E-state index in [1.807, 2.05) is 24.3 Å². The Morgan fingerprint density at radius 1 is 0.404 bits per heavy atom. The van der Waals surface area contributed by atoms with Crippen molar-refractivity contribution in [1.82, 2.24) is 15.0 Å². The average molecular weight is 598 g/mol. The third-order valence-electron chi connectivity index (χ3n) is 9.89. The summed E-state index contributed by atoms with van der Waals surface area (Å²) in [6.07, 6.45) is 0. The SMILES string of the molecule is c1ccc(-c2cc(-c3nc4ccccc4c4c3-c3ccccc3C43c4ccccc4-c4ccccc43)nc(-c3ccccc3)n2)cc1. The number of pyridine rings is 1. The van der Waals surface area contributed by atoms with Gasteiger partial charge in [0.05, 0.1) is 28.0 Å². The summed E-state index contributed by atoms with van der Waals surface area (Å²) in [6, 6.07) is 58.1. The second-order valence-corrected chi connectivity index (χ2v) is 12.3. The Bertz CT molecular complexity index is 2410. The van der Waals surface area contributed by atoms with Gasteiger partial charge in [0.25, 0.3) is 0 Å². The van der Waals surface area contributed by atoms with Gasteiger partial charge in [-0.3, -0.25) is 0 Å². The van der Waals surface area contributed by atoms with Crippen LogP contribution in [0.2, 0.25) is 0 Å². The lowest BCUT2D eigenvalue weighted by molar-refractivity contribution is 0.801. The molecule has 2 aliphatic rings. The first-order valence-electron chi connectivity index (χ1n) is 16.0. The first-order valence-corrected chi connectivity index (χ1v) is 16.0. The van der Waals surface area contributed by atoms with E-state index in [2.05, 4.69) is 140 Å². The number of hydrogen-bond donors (Lipinski definition) is 0. The normalized spacial score (nSPS) is 13.3. The van der Waals surface area contributed by atoms with Crippen molar-refractivity contribution >= 4 is 10.9 Å². The van der Waals surface area contributed by atoms with Crippen LogP contribution >= 0.6 is 0 Å². The Morgan fingerprint density at radius 2 is 0.915 bits per heavy atom. The molecule has 218 valence electrons. The van der Waals surface area contributed by atoms with Crippen LogP contribution < -0.4 is 0 Å². The van der Waals surface area contributed by atoms with Gasteiger partial charge in [0.1, 0.15) is 0 Å². The molecule has 0 atom stereocenters. The van der Waals surface area contributed by atoms with Crippen LogP contribution in [0.3, 0.4) is 0 Å². The fourth-order valence-electron chi connectivity index (χ4n) is 8.05. The molecule has 0 bridgehead atoms. The van der Waals surface area contributed by atoms with Gasteiger partial charge in [0.2, 0.25) is 0 Å². The molecule has 2 aliphatic carbocycles. The van der Waals surface area contributed by atoms with E-state index in [0.717, 1.165) is 44.7 Å². The fraction of sp³-hybridized carbons (Fsp3) is 0.0227. The number of rotatable bonds is 3. The minimum absolute atomic E-state index is 0.492. The highest BCUT2D eigenvalue weighted by atomic mass is 14.9. The summed E-state index contributed by atoms with van der Waals surface area (Å²) in [6.45, 7) is 0. The largest absolute Gasteiger partial charge is 0.245 e. The lowest BCUT2D eigenvalue weighted by Gasteiger charge is -2.31. The minimum atomic E-state index is -0.492. The summed E-state index contributed by atoms with van der Waals surface area (Å²) in [5, 5.41) is 1.16. The summed E-state index contributed by atoms with van der Waals surface area (Å²) >= 11 is 0. The first kappa shape index (κ1) is 26.1. The van der Waals surface area contributed by atoms with Crippen LogP contribution in [0.15, 0.2) is 164 Å². The zero-order valence-corrected chi connectivity index (χ0v) is 25.4. The van der Waals surface area contributed by atoms with Crippen LogP contribution in [0.4, 0.5) is 0 Å². The molecule has 0 saturated carbocycles. The number of fused-ring (bicyclic) bond motifs is 12. The first-order chi connectivity index (χ1) is 23.3. The molecule has 10 rings (SSSR count). The van der Waals surface area contributed by atoms with E-state index in [1.54, 1.807) is 0 Å². The molecule has 3 heteroatoms. The predicted octanol–water partition coefficient (Wildman–Crippen LogP) is 10.4. The molecular weight excluding hydrogens is 571 g/mol. The van der Waals surface area contributed by atoms with E-state index in [4.69, 9.17) is 15.0 Å². The van der Waals surface area contributed by atoms with E-state index < -0.39 is 5.41 Å². The van der Waals surface area contributed by atoms with E-state index in [0.29, 0.717) is 5.82 Å². The summed E-state index contributed by atoms with van der Waals surface area (Å²) in [5.41, 5.74) is 15.1. The van der Waals surface area contributed by atoms with Gasteiger partial charge in [-0.15, -0.1) is 0 Å². The Labute approximate surface area is 272 Å². The quantitative estimate of drug-likeness (QED) is 0.203. The number of benzene rings is 6. The van der Waals surface area contributed by atoms with Gasteiger partial charge in [0.15, 0.2) is 5.82 Å². The molecule has 47 heavy (non-hydrogen) atoms. The van der Waals surface area contributed by atoms with Crippen molar-refractivity contribution in [2.45, 2.75) is 5.41 Å². The van der Waals surface area contributed by atoms with Crippen LogP contribution in [-0.4, -0.2) is 15.0 Å². The van der Waals surface area contributed by atoms with Crippen molar-refractivity contribution in [2.24, 2.45) is 0 Å². The van der Waals surface area contributed by atoms with E-state index in [1.165, 1.54) is 38.9 Å². The van der Waals surface area contributed by atoms with Gasteiger partial charge in [-0.25, -0.2) is 15.0 Å². The summed E-state index contributed by atoms with van der Waals surface area (Å²) in [4.78, 5) is 15.8. The highest BCUT2D eigenvalue weighted by Crippen LogP contribution is 2.65. The van der Waals surface area contributed by atoms with Crippen molar-refractivity contribution in [3.05, 3.63) is 186 Å². The van der Waals surface area contributed by atoms with Gasteiger partial charge < -0.3 is 0 Å². The second kappa shape index (κ2) is 9.90. The zero-order chi connectivity index (χ0) is 31.0. The van der Waals surface area contributed by atoms with Crippen LogP contribution in [0.5, 0.6) is 0 Å².